The van der Waals surface area contributed by atoms with Crippen molar-refractivity contribution in [3.8, 4) is 0 Å². The normalized spacial score (nSPS) is 23.8. The summed E-state index contributed by atoms with van der Waals surface area (Å²) in [4.78, 5) is 10.1. The van der Waals surface area contributed by atoms with Crippen molar-refractivity contribution in [2.75, 3.05) is 23.4 Å². The third kappa shape index (κ3) is 1.65. The zero-order valence-electron chi connectivity index (χ0n) is 9.41. The Morgan fingerprint density at radius 2 is 2.06 bits per heavy atom. The molecule has 0 saturated carbocycles. The zero-order chi connectivity index (χ0) is 12.7. The number of hydrogen-bond donors (Lipinski definition) is 5. The molecule has 2 atom stereocenters. The van der Waals surface area contributed by atoms with E-state index in [1.165, 1.54) is 0 Å². The van der Waals surface area contributed by atoms with Crippen molar-refractivity contribution >= 4 is 22.8 Å². The van der Waals surface area contributed by atoms with Crippen LogP contribution in [0.1, 0.15) is 0 Å². The maximum atomic E-state index is 9.58. The van der Waals surface area contributed by atoms with Gasteiger partial charge in [0, 0.05) is 13.1 Å². The second-order valence-electron chi connectivity index (χ2n) is 4.19. The Morgan fingerprint density at radius 3 is 2.72 bits per heavy atom. The molecule has 1 fully saturated rings. The van der Waals surface area contributed by atoms with Gasteiger partial charge in [-0.2, -0.15) is 15.1 Å². The molecule has 1 aliphatic heterocycles. The fraction of sp³-hybridized carbons (Fsp3) is 0.444. The minimum atomic E-state index is -0.781. The van der Waals surface area contributed by atoms with Crippen molar-refractivity contribution in [1.29, 1.82) is 0 Å². The number of H-pyrrole nitrogens is 1. The van der Waals surface area contributed by atoms with Crippen molar-refractivity contribution in [1.82, 2.24) is 20.2 Å². The molecule has 2 unspecified atom stereocenters. The topological polar surface area (TPSA) is 136 Å². The highest BCUT2D eigenvalue weighted by molar-refractivity contribution is 5.87. The lowest BCUT2D eigenvalue weighted by molar-refractivity contribution is 0.0572. The summed E-state index contributed by atoms with van der Waals surface area (Å²) >= 11 is 0. The monoisotopic (exact) mass is 251 g/mol. The Hall–Kier alpha value is -1.97. The largest absolute Gasteiger partial charge is 0.389 e. The van der Waals surface area contributed by atoms with E-state index < -0.39 is 12.2 Å². The Bertz CT molecular complexity index is 561. The zero-order valence-corrected chi connectivity index (χ0v) is 9.41. The van der Waals surface area contributed by atoms with Crippen LogP contribution >= 0.6 is 0 Å². The molecular weight excluding hydrogens is 238 g/mol. The van der Waals surface area contributed by atoms with E-state index >= 15 is 0 Å². The van der Waals surface area contributed by atoms with E-state index in [1.807, 2.05) is 0 Å². The van der Waals surface area contributed by atoms with Crippen molar-refractivity contribution in [2.45, 2.75) is 12.2 Å². The molecule has 2 aromatic rings. The quantitative estimate of drug-likeness (QED) is 0.311. The number of hydrazine groups is 1. The van der Waals surface area contributed by atoms with Crippen LogP contribution in [0.4, 0.5) is 11.8 Å². The summed E-state index contributed by atoms with van der Waals surface area (Å²) < 4.78 is 0. The summed E-state index contributed by atoms with van der Waals surface area (Å²) in [6, 6.07) is 0. The Labute approximate surface area is 102 Å². The summed E-state index contributed by atoms with van der Waals surface area (Å²) in [5.41, 5.74) is 2.92. The smallest absolute Gasteiger partial charge is 0.241 e. The summed E-state index contributed by atoms with van der Waals surface area (Å²) in [6.45, 7) is 0.616. The number of aromatic nitrogens is 4. The summed E-state index contributed by atoms with van der Waals surface area (Å²) in [6.07, 6.45) is 0.0367. The lowest BCUT2D eigenvalue weighted by atomic mass is 10.3. The van der Waals surface area contributed by atoms with E-state index in [1.54, 1.807) is 11.1 Å². The minimum Gasteiger partial charge on any atom is -0.389 e. The maximum absolute atomic E-state index is 9.58. The van der Waals surface area contributed by atoms with Crippen LogP contribution in [-0.2, 0) is 0 Å². The van der Waals surface area contributed by atoms with E-state index in [0.717, 1.165) is 5.39 Å². The van der Waals surface area contributed by atoms with Gasteiger partial charge < -0.3 is 15.1 Å². The van der Waals surface area contributed by atoms with Crippen molar-refractivity contribution in [3.05, 3.63) is 6.20 Å². The van der Waals surface area contributed by atoms with Gasteiger partial charge in [0.15, 0.2) is 5.65 Å². The lowest BCUT2D eigenvalue weighted by Crippen LogP contribution is -2.23. The number of hydrogen-bond acceptors (Lipinski definition) is 8. The molecule has 3 heterocycles. The van der Waals surface area contributed by atoms with Crippen molar-refractivity contribution in [2.24, 2.45) is 5.84 Å². The Kier molecular flexibility index (Phi) is 2.51. The molecule has 0 amide bonds. The molecule has 3 rings (SSSR count). The predicted octanol–water partition coefficient (Wildman–Crippen LogP) is -1.82. The predicted molar refractivity (Wildman–Crippen MR) is 63.7 cm³/mol. The van der Waals surface area contributed by atoms with Gasteiger partial charge in [-0.15, -0.1) is 0 Å². The first-order chi connectivity index (χ1) is 8.69. The van der Waals surface area contributed by atoms with Gasteiger partial charge in [-0.25, -0.2) is 5.84 Å². The molecule has 0 spiro atoms. The third-order valence-corrected chi connectivity index (χ3v) is 2.98. The number of anilines is 2. The van der Waals surface area contributed by atoms with E-state index in [-0.39, 0.29) is 5.95 Å². The molecule has 0 bridgehead atoms. The number of rotatable bonds is 2. The van der Waals surface area contributed by atoms with Gasteiger partial charge in [0.2, 0.25) is 5.95 Å². The van der Waals surface area contributed by atoms with Gasteiger partial charge in [-0.1, -0.05) is 0 Å². The fourth-order valence-corrected chi connectivity index (χ4v) is 2.07. The standard InChI is InChI=1S/C9H13N7O2/c10-14-9-12-7-4(1-11-15-7)8(13-9)16-2-5(17)6(18)3-16/h1,5-6,17-18H,2-3,10H2,(H2,11,12,13,14,15). The summed E-state index contributed by atoms with van der Waals surface area (Å²) in [5.74, 6) is 6.13. The van der Waals surface area contributed by atoms with Gasteiger partial charge in [0.05, 0.1) is 23.8 Å². The average Bonchev–Trinajstić information content (AvgIpc) is 2.95. The van der Waals surface area contributed by atoms with Crippen LogP contribution in [0.5, 0.6) is 0 Å². The molecule has 6 N–H and O–H groups in total. The molecule has 96 valence electrons. The molecule has 0 aliphatic carbocycles. The number of aliphatic hydroxyl groups is 2. The molecule has 9 nitrogen and oxygen atoms in total. The van der Waals surface area contributed by atoms with E-state index in [0.29, 0.717) is 24.6 Å². The molecule has 9 heteroatoms. The van der Waals surface area contributed by atoms with E-state index in [2.05, 4.69) is 25.6 Å². The molecule has 0 aromatic carbocycles. The second-order valence-corrected chi connectivity index (χ2v) is 4.19. The molecule has 2 aromatic heterocycles. The fourth-order valence-electron chi connectivity index (χ4n) is 2.07. The van der Waals surface area contributed by atoms with Crippen LogP contribution in [0.15, 0.2) is 6.20 Å². The Morgan fingerprint density at radius 1 is 1.33 bits per heavy atom. The van der Waals surface area contributed by atoms with E-state index in [9.17, 15) is 10.2 Å². The highest BCUT2D eigenvalue weighted by atomic mass is 16.3. The van der Waals surface area contributed by atoms with Gasteiger partial charge >= 0.3 is 0 Å². The average molecular weight is 251 g/mol. The number of fused-ring (bicyclic) bond motifs is 1. The maximum Gasteiger partial charge on any atom is 0.241 e. The highest BCUT2D eigenvalue weighted by Crippen LogP contribution is 2.26. The van der Waals surface area contributed by atoms with Gasteiger partial charge in [-0.3, -0.25) is 10.5 Å². The highest BCUT2D eigenvalue weighted by Gasteiger charge is 2.31. The number of aliphatic hydroxyl groups excluding tert-OH is 2. The first-order valence-electron chi connectivity index (χ1n) is 5.48. The summed E-state index contributed by atoms with van der Waals surface area (Å²) in [7, 11) is 0. The lowest BCUT2D eigenvalue weighted by Gasteiger charge is -2.17. The molecular formula is C9H13N7O2. The van der Waals surface area contributed by atoms with E-state index in [4.69, 9.17) is 5.84 Å². The van der Waals surface area contributed by atoms with Gasteiger partial charge in [-0.05, 0) is 0 Å². The van der Waals surface area contributed by atoms with Crippen LogP contribution in [0.3, 0.4) is 0 Å². The number of nitrogen functional groups attached to an aromatic ring is 1. The van der Waals surface area contributed by atoms with Gasteiger partial charge in [0.25, 0.3) is 0 Å². The molecule has 1 saturated heterocycles. The van der Waals surface area contributed by atoms with Crippen LogP contribution in [0.2, 0.25) is 0 Å². The number of aromatic amines is 1. The number of β-amino-alcohol motifs (C(OH)–C–C–N with tert-alkyl or cyclic N) is 2. The SMILES string of the molecule is NNc1nc(N2CC(O)C(O)C2)c2cn[nH]c2n1. The number of nitrogens with zero attached hydrogens (tertiary/aromatic N) is 4. The van der Waals surface area contributed by atoms with Gasteiger partial charge in [0.1, 0.15) is 5.82 Å². The van der Waals surface area contributed by atoms with Crippen LogP contribution in [0.25, 0.3) is 11.0 Å². The second kappa shape index (κ2) is 4.05. The minimum absolute atomic E-state index is 0.248. The first-order valence-corrected chi connectivity index (χ1v) is 5.48. The van der Waals surface area contributed by atoms with Crippen molar-refractivity contribution < 1.29 is 10.2 Å². The van der Waals surface area contributed by atoms with Crippen LogP contribution < -0.4 is 16.2 Å². The first kappa shape index (κ1) is 11.1. The third-order valence-electron chi connectivity index (χ3n) is 2.98. The summed E-state index contributed by atoms with van der Waals surface area (Å²) in [5, 5.41) is 26.5. The number of nitrogens with two attached hydrogens (primary N) is 1. The van der Waals surface area contributed by atoms with Crippen molar-refractivity contribution in [3.63, 3.8) is 0 Å². The molecule has 1 aliphatic rings. The van der Waals surface area contributed by atoms with Crippen LogP contribution in [0, 0.1) is 0 Å². The molecule has 18 heavy (non-hydrogen) atoms. The molecule has 0 radical (unpaired) electrons. The van der Waals surface area contributed by atoms with Crippen LogP contribution in [-0.4, -0.2) is 55.7 Å². The Balaban J connectivity index is 2.07. The number of nitrogens with one attached hydrogen (secondary N) is 2.